The number of aliphatic hydroxyl groups is 1. The minimum atomic E-state index is -0.421. The lowest BCUT2D eigenvalue weighted by atomic mass is 9.32. The van der Waals surface area contributed by atoms with E-state index in [0.29, 0.717) is 29.6 Å². The van der Waals surface area contributed by atoms with Crippen LogP contribution in [0.2, 0.25) is 0 Å². The van der Waals surface area contributed by atoms with E-state index in [-0.39, 0.29) is 28.3 Å². The molecule has 0 radical (unpaired) electrons. The SMILES string of the molecule is C=C(C)[C@@H]1CC[C@]2(C(=C)OC)CC[C@]3(C)C(CC[C@@H]4[C@@]5(C)CC/C(=N\O)[C@@](C)(CO)[C@@H]5CC[C@]43C)[C@@H]12. The number of fused-ring (bicyclic) bond motifs is 7. The van der Waals surface area contributed by atoms with Gasteiger partial charge in [-0.2, -0.15) is 0 Å². The van der Waals surface area contributed by atoms with Gasteiger partial charge >= 0.3 is 0 Å². The summed E-state index contributed by atoms with van der Waals surface area (Å²) in [5, 5.41) is 24.1. The van der Waals surface area contributed by atoms with Crippen molar-refractivity contribution in [3.05, 3.63) is 24.5 Å². The predicted molar refractivity (Wildman–Crippen MR) is 146 cm³/mol. The molecule has 0 spiro atoms. The van der Waals surface area contributed by atoms with E-state index in [1.807, 2.05) is 7.11 Å². The molecule has 0 aromatic carbocycles. The maximum absolute atomic E-state index is 10.6. The molecule has 202 valence electrons. The van der Waals surface area contributed by atoms with E-state index in [2.05, 4.69) is 52.9 Å². The standard InChI is InChI=1S/C32H51NO3/c1-20(2)22-11-16-32(21(3)36-8)18-17-30(6)23(27(22)32)9-10-25-28(4)14-13-26(33-35)29(5,19-34)24(28)12-15-31(25,30)7/h22-25,27,34-35H,1,3,9-19H2,2,4-8H3/b33-26+/t22-,23?,24+,25+,27+,28-,29-,30+,31+,32+/m0/s1. The molecule has 10 atom stereocenters. The molecule has 0 aromatic heterocycles. The molecule has 0 bridgehead atoms. The first-order valence-electron chi connectivity index (χ1n) is 14.6. The fraction of sp³-hybridized carbons (Fsp3) is 0.844. The Balaban J connectivity index is 1.56. The van der Waals surface area contributed by atoms with E-state index < -0.39 is 5.41 Å². The van der Waals surface area contributed by atoms with Crippen LogP contribution >= 0.6 is 0 Å². The molecule has 4 nitrogen and oxygen atoms in total. The van der Waals surface area contributed by atoms with Gasteiger partial charge in [-0.05, 0) is 117 Å². The van der Waals surface area contributed by atoms with Gasteiger partial charge in [-0.25, -0.2) is 0 Å². The van der Waals surface area contributed by atoms with Gasteiger partial charge in [0, 0.05) is 10.8 Å². The summed E-state index contributed by atoms with van der Waals surface area (Å²) in [5.41, 5.74) is 2.51. The van der Waals surface area contributed by atoms with Gasteiger partial charge in [-0.15, -0.1) is 0 Å². The van der Waals surface area contributed by atoms with Crippen molar-refractivity contribution in [2.24, 2.45) is 61.8 Å². The number of aliphatic hydroxyl groups excluding tert-OH is 1. The van der Waals surface area contributed by atoms with E-state index in [4.69, 9.17) is 4.74 Å². The van der Waals surface area contributed by atoms with Crippen molar-refractivity contribution in [1.29, 1.82) is 0 Å². The molecule has 4 heteroatoms. The zero-order valence-electron chi connectivity index (χ0n) is 23.8. The van der Waals surface area contributed by atoms with E-state index in [1.165, 1.54) is 50.5 Å². The van der Waals surface area contributed by atoms with Crippen molar-refractivity contribution in [3.8, 4) is 0 Å². The molecule has 2 N–H and O–H groups in total. The van der Waals surface area contributed by atoms with Crippen molar-refractivity contribution in [2.45, 2.75) is 98.8 Å². The van der Waals surface area contributed by atoms with Crippen molar-refractivity contribution >= 4 is 5.71 Å². The first-order valence-corrected chi connectivity index (χ1v) is 14.6. The second kappa shape index (κ2) is 8.35. The molecule has 1 unspecified atom stereocenters. The van der Waals surface area contributed by atoms with Gasteiger partial charge in [0.1, 0.15) is 0 Å². The Morgan fingerprint density at radius 2 is 1.67 bits per heavy atom. The zero-order chi connectivity index (χ0) is 26.3. The summed E-state index contributed by atoms with van der Waals surface area (Å²) in [4.78, 5) is 0. The van der Waals surface area contributed by atoms with Crippen LogP contribution in [0.25, 0.3) is 0 Å². The first kappa shape index (κ1) is 26.3. The van der Waals surface area contributed by atoms with Crippen molar-refractivity contribution in [1.82, 2.24) is 0 Å². The summed E-state index contributed by atoms with van der Waals surface area (Å²) in [7, 11) is 1.82. The lowest BCUT2D eigenvalue weighted by molar-refractivity contribution is -0.229. The van der Waals surface area contributed by atoms with Crippen LogP contribution in [0.15, 0.2) is 29.6 Å². The predicted octanol–water partition coefficient (Wildman–Crippen LogP) is 7.61. The van der Waals surface area contributed by atoms with Crippen LogP contribution in [0.1, 0.15) is 98.8 Å². The Hall–Kier alpha value is -1.29. The van der Waals surface area contributed by atoms with Crippen LogP contribution in [-0.2, 0) is 4.74 Å². The average molecular weight is 498 g/mol. The van der Waals surface area contributed by atoms with Crippen LogP contribution in [0.4, 0.5) is 0 Å². The van der Waals surface area contributed by atoms with Gasteiger partial charge in [0.15, 0.2) is 0 Å². The number of methoxy groups -OCH3 is 1. The van der Waals surface area contributed by atoms with Crippen LogP contribution in [0.5, 0.6) is 0 Å². The number of ether oxygens (including phenoxy) is 1. The summed E-state index contributed by atoms with van der Waals surface area (Å²) < 4.78 is 5.93. The summed E-state index contributed by atoms with van der Waals surface area (Å²) in [6, 6.07) is 0. The summed E-state index contributed by atoms with van der Waals surface area (Å²) in [6.45, 7) is 21.3. The molecule has 0 heterocycles. The number of hydrogen-bond acceptors (Lipinski definition) is 4. The number of allylic oxidation sites excluding steroid dienone is 2. The molecule has 0 aromatic rings. The van der Waals surface area contributed by atoms with Crippen molar-refractivity contribution in [2.75, 3.05) is 13.7 Å². The quantitative estimate of drug-likeness (QED) is 0.182. The highest BCUT2D eigenvalue weighted by Gasteiger charge is 2.71. The highest BCUT2D eigenvalue weighted by molar-refractivity contribution is 5.91. The van der Waals surface area contributed by atoms with Gasteiger partial charge in [0.05, 0.1) is 25.2 Å². The Kier molecular flexibility index (Phi) is 6.11. The Bertz CT molecular complexity index is 972. The van der Waals surface area contributed by atoms with Crippen molar-refractivity contribution < 1.29 is 15.1 Å². The Morgan fingerprint density at radius 1 is 0.944 bits per heavy atom. The summed E-state index contributed by atoms with van der Waals surface area (Å²) in [5.74, 6) is 3.79. The molecule has 5 aliphatic rings. The fourth-order valence-electron chi connectivity index (χ4n) is 11.8. The normalized spacial score (nSPS) is 53.1. The number of nitrogens with zero attached hydrogens (tertiary/aromatic N) is 1. The van der Waals surface area contributed by atoms with Crippen LogP contribution in [0, 0.1) is 56.7 Å². The van der Waals surface area contributed by atoms with Crippen LogP contribution < -0.4 is 0 Å². The highest BCUT2D eigenvalue weighted by Crippen LogP contribution is 2.78. The summed E-state index contributed by atoms with van der Waals surface area (Å²) >= 11 is 0. The van der Waals surface area contributed by atoms with Crippen molar-refractivity contribution in [3.63, 3.8) is 0 Å². The highest BCUT2D eigenvalue weighted by atomic mass is 16.5. The minimum Gasteiger partial charge on any atom is -0.501 e. The molecule has 5 aliphatic carbocycles. The molecular weight excluding hydrogens is 446 g/mol. The Morgan fingerprint density at radius 3 is 2.28 bits per heavy atom. The monoisotopic (exact) mass is 497 g/mol. The van der Waals surface area contributed by atoms with E-state index in [1.54, 1.807) is 0 Å². The average Bonchev–Trinajstić information content (AvgIpc) is 3.25. The third kappa shape index (κ3) is 3.00. The third-order valence-electron chi connectivity index (χ3n) is 13.9. The lowest BCUT2D eigenvalue weighted by Crippen LogP contribution is -2.67. The Labute approximate surface area is 219 Å². The number of hydrogen-bond donors (Lipinski definition) is 2. The van der Waals surface area contributed by atoms with Gasteiger partial charge in [0.2, 0.25) is 0 Å². The second-order valence-corrected chi connectivity index (χ2v) is 14.6. The number of oxime groups is 1. The minimum absolute atomic E-state index is 0.0694. The van der Waals surface area contributed by atoms with Gasteiger partial charge in [-0.1, -0.05) is 51.6 Å². The first-order chi connectivity index (χ1) is 16.9. The molecular formula is C32H51NO3. The van der Waals surface area contributed by atoms with Gasteiger partial charge < -0.3 is 15.1 Å². The summed E-state index contributed by atoms with van der Waals surface area (Å²) in [6.07, 6.45) is 11.5. The maximum atomic E-state index is 10.6. The van der Waals surface area contributed by atoms with Gasteiger partial charge in [-0.3, -0.25) is 0 Å². The number of rotatable bonds is 4. The van der Waals surface area contributed by atoms with E-state index in [9.17, 15) is 10.3 Å². The lowest BCUT2D eigenvalue weighted by Gasteiger charge is -2.72. The zero-order valence-corrected chi connectivity index (χ0v) is 23.8. The molecule has 0 saturated heterocycles. The second-order valence-electron chi connectivity index (χ2n) is 14.6. The van der Waals surface area contributed by atoms with E-state index >= 15 is 0 Å². The topological polar surface area (TPSA) is 62.0 Å². The largest absolute Gasteiger partial charge is 0.501 e. The molecule has 36 heavy (non-hydrogen) atoms. The van der Waals surface area contributed by atoms with Gasteiger partial charge in [0.25, 0.3) is 0 Å². The van der Waals surface area contributed by atoms with Crippen LogP contribution in [0.3, 0.4) is 0 Å². The fourth-order valence-corrected chi connectivity index (χ4v) is 11.8. The molecule has 0 amide bonds. The molecule has 5 rings (SSSR count). The third-order valence-corrected chi connectivity index (χ3v) is 13.9. The smallest absolute Gasteiger partial charge is 0.0948 e. The molecule has 5 saturated carbocycles. The molecule has 5 fully saturated rings. The van der Waals surface area contributed by atoms with Crippen LogP contribution in [-0.4, -0.2) is 29.7 Å². The maximum Gasteiger partial charge on any atom is 0.0948 e. The van der Waals surface area contributed by atoms with E-state index in [0.717, 1.165) is 30.7 Å². The molecule has 0 aliphatic heterocycles.